The predicted molar refractivity (Wildman–Crippen MR) is 76.7 cm³/mol. The highest BCUT2D eigenvalue weighted by Crippen LogP contribution is 2.37. The van der Waals surface area contributed by atoms with Gasteiger partial charge in [-0.05, 0) is 24.1 Å². The quantitative estimate of drug-likeness (QED) is 0.797. The average Bonchev–Trinajstić information content (AvgIpc) is 2.33. The fraction of sp³-hybridized carbons (Fsp3) is 0.417. The first kappa shape index (κ1) is 14.7. The van der Waals surface area contributed by atoms with E-state index in [1.54, 1.807) is 6.07 Å². The molecule has 1 aromatic carbocycles. The molecule has 0 spiro atoms. The number of aliphatic imine (C=N–C) groups is 1. The van der Waals surface area contributed by atoms with Gasteiger partial charge < -0.3 is 5.32 Å². The summed E-state index contributed by atoms with van der Waals surface area (Å²) in [4.78, 5) is 4.24. The Morgan fingerprint density at radius 3 is 2.74 bits per heavy atom. The van der Waals surface area contributed by atoms with Crippen LogP contribution in [0.1, 0.15) is 12.5 Å². The molecule has 0 fully saturated rings. The van der Waals surface area contributed by atoms with E-state index in [9.17, 15) is 13.2 Å². The van der Waals surface area contributed by atoms with Crippen LogP contribution in [-0.4, -0.2) is 17.5 Å². The third-order valence-corrected chi connectivity index (χ3v) is 4.31. The molecule has 1 N–H and O–H groups in total. The normalized spacial score (nSPS) is 20.1. The van der Waals surface area contributed by atoms with Gasteiger partial charge in [-0.3, -0.25) is 4.99 Å². The van der Waals surface area contributed by atoms with Crippen molar-refractivity contribution in [3.05, 3.63) is 28.2 Å². The van der Waals surface area contributed by atoms with Crippen LogP contribution < -0.4 is 5.32 Å². The van der Waals surface area contributed by atoms with Crippen LogP contribution >= 0.6 is 27.7 Å². The Kier molecular flexibility index (Phi) is 4.45. The zero-order valence-corrected chi connectivity index (χ0v) is 12.5. The molecule has 1 atom stereocenters. The van der Waals surface area contributed by atoms with Crippen LogP contribution in [0.25, 0.3) is 0 Å². The summed E-state index contributed by atoms with van der Waals surface area (Å²) in [6.07, 6.45) is -4.39. The summed E-state index contributed by atoms with van der Waals surface area (Å²) in [7, 11) is 0. The van der Waals surface area contributed by atoms with E-state index in [1.807, 2.05) is 0 Å². The van der Waals surface area contributed by atoms with Crippen LogP contribution in [-0.2, 0) is 6.18 Å². The van der Waals surface area contributed by atoms with Gasteiger partial charge in [0.1, 0.15) is 0 Å². The summed E-state index contributed by atoms with van der Waals surface area (Å²) in [6.45, 7) is 2.71. The molecule has 0 radical (unpaired) electrons. The number of thioether (sulfide) groups is 1. The number of rotatable bonds is 1. The summed E-state index contributed by atoms with van der Waals surface area (Å²) in [5, 5.41) is 3.32. The molecule has 0 saturated heterocycles. The molecule has 1 aromatic rings. The molecule has 1 aliphatic heterocycles. The average molecular weight is 353 g/mol. The Balaban J connectivity index is 2.25. The zero-order chi connectivity index (χ0) is 14.0. The van der Waals surface area contributed by atoms with E-state index in [0.717, 1.165) is 11.8 Å². The summed E-state index contributed by atoms with van der Waals surface area (Å²) in [5.41, 5.74) is -0.652. The SMILES string of the molecule is CC1CN=C(Nc2ccc(Br)cc2C(F)(F)F)SC1. The molecule has 0 bridgehead atoms. The van der Waals surface area contributed by atoms with Gasteiger partial charge in [0.25, 0.3) is 0 Å². The number of anilines is 1. The van der Waals surface area contributed by atoms with Crippen molar-refractivity contribution in [2.24, 2.45) is 10.9 Å². The maximum Gasteiger partial charge on any atom is 0.418 e. The lowest BCUT2D eigenvalue weighted by Crippen LogP contribution is -2.20. The van der Waals surface area contributed by atoms with Crippen molar-refractivity contribution in [3.63, 3.8) is 0 Å². The Morgan fingerprint density at radius 1 is 1.42 bits per heavy atom. The topological polar surface area (TPSA) is 24.4 Å². The Labute approximate surface area is 122 Å². The highest BCUT2D eigenvalue weighted by atomic mass is 79.9. The first-order valence-electron chi connectivity index (χ1n) is 5.67. The van der Waals surface area contributed by atoms with Gasteiger partial charge in [0.05, 0.1) is 11.3 Å². The smallest absolute Gasteiger partial charge is 0.334 e. The molecule has 0 aliphatic carbocycles. The van der Waals surface area contributed by atoms with Gasteiger partial charge in [-0.25, -0.2) is 0 Å². The van der Waals surface area contributed by atoms with Gasteiger partial charge in [-0.1, -0.05) is 34.6 Å². The highest BCUT2D eigenvalue weighted by molar-refractivity contribution is 9.10. The first-order chi connectivity index (χ1) is 8.86. The van der Waals surface area contributed by atoms with Crippen LogP contribution in [0.3, 0.4) is 0 Å². The second kappa shape index (κ2) is 5.75. The van der Waals surface area contributed by atoms with Crippen LogP contribution in [0.5, 0.6) is 0 Å². The lowest BCUT2D eigenvalue weighted by atomic mass is 10.1. The fourth-order valence-corrected chi connectivity index (χ4v) is 2.87. The minimum absolute atomic E-state index is 0.0384. The van der Waals surface area contributed by atoms with E-state index in [-0.39, 0.29) is 5.69 Å². The molecule has 0 aromatic heterocycles. The lowest BCUT2D eigenvalue weighted by molar-refractivity contribution is -0.136. The number of hydrogen-bond acceptors (Lipinski definition) is 3. The van der Waals surface area contributed by atoms with Crippen molar-refractivity contribution in [2.45, 2.75) is 13.1 Å². The number of alkyl halides is 3. The van der Waals surface area contributed by atoms with Gasteiger partial charge in [0.15, 0.2) is 5.17 Å². The molecule has 7 heteroatoms. The van der Waals surface area contributed by atoms with Crippen molar-refractivity contribution >= 4 is 38.5 Å². The van der Waals surface area contributed by atoms with Crippen molar-refractivity contribution in [3.8, 4) is 0 Å². The lowest BCUT2D eigenvalue weighted by Gasteiger charge is -2.20. The summed E-state index contributed by atoms with van der Waals surface area (Å²) in [5.74, 6) is 1.33. The second-order valence-electron chi connectivity index (χ2n) is 4.37. The Bertz CT molecular complexity index is 502. The summed E-state index contributed by atoms with van der Waals surface area (Å²) < 4.78 is 39.2. The highest BCUT2D eigenvalue weighted by Gasteiger charge is 2.34. The summed E-state index contributed by atoms with van der Waals surface area (Å²) >= 11 is 4.51. The predicted octanol–water partition coefficient (Wildman–Crippen LogP) is 4.62. The van der Waals surface area contributed by atoms with Crippen LogP contribution in [0.4, 0.5) is 18.9 Å². The van der Waals surface area contributed by atoms with E-state index >= 15 is 0 Å². The van der Waals surface area contributed by atoms with Crippen molar-refractivity contribution in [1.29, 1.82) is 0 Å². The third kappa shape index (κ3) is 3.89. The van der Waals surface area contributed by atoms with Crippen LogP contribution in [0, 0.1) is 5.92 Å². The minimum Gasteiger partial charge on any atom is -0.334 e. The molecule has 1 heterocycles. The number of hydrogen-bond donors (Lipinski definition) is 1. The van der Waals surface area contributed by atoms with E-state index in [4.69, 9.17) is 0 Å². The van der Waals surface area contributed by atoms with Crippen molar-refractivity contribution in [1.82, 2.24) is 0 Å². The van der Waals surface area contributed by atoms with Crippen molar-refractivity contribution < 1.29 is 13.2 Å². The molecule has 2 nitrogen and oxygen atoms in total. The molecular formula is C12H12BrF3N2S. The van der Waals surface area contributed by atoms with Gasteiger partial charge in [-0.15, -0.1) is 0 Å². The van der Waals surface area contributed by atoms with E-state index < -0.39 is 11.7 Å². The molecule has 104 valence electrons. The van der Waals surface area contributed by atoms with Gasteiger partial charge in [-0.2, -0.15) is 13.2 Å². The number of nitrogens with zero attached hydrogens (tertiary/aromatic N) is 1. The molecule has 1 unspecified atom stereocenters. The molecular weight excluding hydrogens is 341 g/mol. The first-order valence-corrected chi connectivity index (χ1v) is 7.45. The number of amidine groups is 1. The second-order valence-corrected chi connectivity index (χ2v) is 6.30. The number of nitrogens with one attached hydrogen (secondary N) is 1. The Morgan fingerprint density at radius 2 is 2.16 bits per heavy atom. The number of halogens is 4. The molecule has 0 saturated carbocycles. The van der Waals surface area contributed by atoms with E-state index in [2.05, 4.69) is 33.2 Å². The number of benzene rings is 1. The zero-order valence-electron chi connectivity index (χ0n) is 10.1. The summed E-state index contributed by atoms with van der Waals surface area (Å²) in [6, 6.07) is 4.06. The van der Waals surface area contributed by atoms with Crippen LogP contribution in [0.2, 0.25) is 0 Å². The molecule has 19 heavy (non-hydrogen) atoms. The van der Waals surface area contributed by atoms with Crippen LogP contribution in [0.15, 0.2) is 27.7 Å². The molecule has 2 rings (SSSR count). The van der Waals surface area contributed by atoms with Crippen molar-refractivity contribution in [2.75, 3.05) is 17.6 Å². The molecule has 0 amide bonds. The van der Waals surface area contributed by atoms with Gasteiger partial charge in [0, 0.05) is 16.8 Å². The maximum atomic E-state index is 12.9. The Hall–Kier alpha value is -0.690. The molecule has 1 aliphatic rings. The van der Waals surface area contributed by atoms with E-state index in [0.29, 0.717) is 22.1 Å². The maximum absolute atomic E-state index is 12.9. The van der Waals surface area contributed by atoms with E-state index in [1.165, 1.54) is 17.8 Å². The fourth-order valence-electron chi connectivity index (χ4n) is 1.61. The standard InChI is InChI=1S/C12H12BrF3N2S/c1-7-5-17-11(19-6-7)18-10-3-2-8(13)4-9(10)12(14,15)16/h2-4,7H,5-6H2,1H3,(H,17,18). The van der Waals surface area contributed by atoms with Gasteiger partial charge in [0.2, 0.25) is 0 Å². The minimum atomic E-state index is -4.39. The third-order valence-electron chi connectivity index (χ3n) is 2.58. The monoisotopic (exact) mass is 352 g/mol. The largest absolute Gasteiger partial charge is 0.418 e. The van der Waals surface area contributed by atoms with Gasteiger partial charge >= 0.3 is 6.18 Å².